The maximum atomic E-state index is 11.1. The molecule has 0 fully saturated rings. The average molecular weight is 154 g/mol. The van der Waals surface area contributed by atoms with Crippen molar-refractivity contribution in [3.05, 3.63) is 12.7 Å². The molecule has 0 heterocycles. The van der Waals surface area contributed by atoms with Gasteiger partial charge in [0.2, 0.25) is 0 Å². The Morgan fingerprint density at radius 1 is 1.64 bits per heavy atom. The molecule has 0 aliphatic carbocycles. The molecule has 1 unspecified atom stereocenters. The standard InChI is InChI=1S/C9H14O2/c1-3-5-8(7-10)9(11)6-4-2/h3,7-8H,1,4-6H2,2H3. The van der Waals surface area contributed by atoms with E-state index < -0.39 is 5.92 Å². The van der Waals surface area contributed by atoms with Gasteiger partial charge >= 0.3 is 0 Å². The van der Waals surface area contributed by atoms with Gasteiger partial charge in [0, 0.05) is 6.42 Å². The Labute approximate surface area is 67.3 Å². The smallest absolute Gasteiger partial charge is 0.143 e. The van der Waals surface area contributed by atoms with Gasteiger partial charge in [0.25, 0.3) is 0 Å². The van der Waals surface area contributed by atoms with Crippen LogP contribution in [0.25, 0.3) is 0 Å². The van der Waals surface area contributed by atoms with Crippen LogP contribution in [0.3, 0.4) is 0 Å². The minimum atomic E-state index is -0.451. The molecule has 0 saturated heterocycles. The number of hydrogen-bond donors (Lipinski definition) is 0. The lowest BCUT2D eigenvalue weighted by molar-refractivity contribution is -0.127. The summed E-state index contributed by atoms with van der Waals surface area (Å²) in [7, 11) is 0. The second-order valence-corrected chi connectivity index (χ2v) is 2.48. The van der Waals surface area contributed by atoms with Gasteiger partial charge in [0.1, 0.15) is 12.1 Å². The minimum Gasteiger partial charge on any atom is -0.303 e. The Morgan fingerprint density at radius 2 is 2.27 bits per heavy atom. The quantitative estimate of drug-likeness (QED) is 0.332. The van der Waals surface area contributed by atoms with E-state index in [1.165, 1.54) is 0 Å². The highest BCUT2D eigenvalue weighted by Gasteiger charge is 2.13. The van der Waals surface area contributed by atoms with E-state index in [4.69, 9.17) is 0 Å². The predicted octanol–water partition coefficient (Wildman–Crippen LogP) is 1.75. The summed E-state index contributed by atoms with van der Waals surface area (Å²) >= 11 is 0. The predicted molar refractivity (Wildman–Crippen MR) is 44.3 cm³/mol. The summed E-state index contributed by atoms with van der Waals surface area (Å²) in [5.74, 6) is -0.421. The van der Waals surface area contributed by atoms with E-state index in [1.54, 1.807) is 6.08 Å². The van der Waals surface area contributed by atoms with Crippen LogP contribution >= 0.6 is 0 Å². The van der Waals surface area contributed by atoms with E-state index in [0.717, 1.165) is 6.42 Å². The van der Waals surface area contributed by atoms with Crippen molar-refractivity contribution in [2.24, 2.45) is 5.92 Å². The van der Waals surface area contributed by atoms with Crippen molar-refractivity contribution in [3.63, 3.8) is 0 Å². The minimum absolute atomic E-state index is 0.0300. The molecule has 0 aromatic heterocycles. The summed E-state index contributed by atoms with van der Waals surface area (Å²) < 4.78 is 0. The largest absolute Gasteiger partial charge is 0.303 e. The molecule has 0 rings (SSSR count). The van der Waals surface area contributed by atoms with Crippen LogP contribution in [0.4, 0.5) is 0 Å². The van der Waals surface area contributed by atoms with E-state index in [9.17, 15) is 9.59 Å². The SMILES string of the molecule is C=CCC(C=O)C(=O)CCC. The van der Waals surface area contributed by atoms with Gasteiger partial charge in [-0.2, -0.15) is 0 Å². The summed E-state index contributed by atoms with van der Waals surface area (Å²) in [5, 5.41) is 0. The molecule has 0 saturated carbocycles. The summed E-state index contributed by atoms with van der Waals surface area (Å²) in [6, 6.07) is 0. The number of carbonyl (C=O) groups excluding carboxylic acids is 2. The molecular weight excluding hydrogens is 140 g/mol. The zero-order valence-electron chi connectivity index (χ0n) is 6.88. The third-order valence-corrected chi connectivity index (χ3v) is 1.49. The Bertz CT molecular complexity index is 150. The van der Waals surface area contributed by atoms with Crippen molar-refractivity contribution < 1.29 is 9.59 Å². The topological polar surface area (TPSA) is 34.1 Å². The fraction of sp³-hybridized carbons (Fsp3) is 0.556. The second-order valence-electron chi connectivity index (χ2n) is 2.48. The van der Waals surface area contributed by atoms with Crippen LogP contribution in [-0.4, -0.2) is 12.1 Å². The molecule has 0 bridgehead atoms. The first-order valence-corrected chi connectivity index (χ1v) is 3.85. The lowest BCUT2D eigenvalue weighted by atomic mass is 9.99. The van der Waals surface area contributed by atoms with Gasteiger partial charge in [0.05, 0.1) is 5.92 Å². The number of rotatable bonds is 6. The van der Waals surface area contributed by atoms with Gasteiger partial charge in [-0.3, -0.25) is 4.79 Å². The maximum Gasteiger partial charge on any atom is 0.143 e. The molecule has 0 aliphatic heterocycles. The number of ketones is 1. The van der Waals surface area contributed by atoms with Crippen molar-refractivity contribution in [3.8, 4) is 0 Å². The highest BCUT2D eigenvalue weighted by Crippen LogP contribution is 2.05. The third kappa shape index (κ3) is 3.71. The van der Waals surface area contributed by atoms with Crippen molar-refractivity contribution in [1.29, 1.82) is 0 Å². The van der Waals surface area contributed by atoms with Crippen LogP contribution < -0.4 is 0 Å². The molecule has 2 nitrogen and oxygen atoms in total. The maximum absolute atomic E-state index is 11.1. The number of allylic oxidation sites excluding steroid dienone is 1. The molecule has 0 N–H and O–H groups in total. The first kappa shape index (κ1) is 10.1. The number of Topliss-reactive ketones (excluding diaryl/α,β-unsaturated/α-hetero) is 1. The van der Waals surface area contributed by atoms with Crippen LogP contribution in [0.1, 0.15) is 26.2 Å². The first-order chi connectivity index (χ1) is 5.26. The molecular formula is C9H14O2. The fourth-order valence-corrected chi connectivity index (χ4v) is 0.874. The van der Waals surface area contributed by atoms with E-state index in [2.05, 4.69) is 6.58 Å². The molecule has 11 heavy (non-hydrogen) atoms. The number of aldehydes is 1. The highest BCUT2D eigenvalue weighted by atomic mass is 16.1. The van der Waals surface area contributed by atoms with E-state index in [-0.39, 0.29) is 5.78 Å². The monoisotopic (exact) mass is 154 g/mol. The summed E-state index contributed by atoms with van der Waals surface area (Å²) in [6.07, 6.45) is 4.09. The van der Waals surface area contributed by atoms with Gasteiger partial charge in [-0.05, 0) is 12.8 Å². The van der Waals surface area contributed by atoms with Crippen LogP contribution in [0.15, 0.2) is 12.7 Å². The summed E-state index contributed by atoms with van der Waals surface area (Å²) in [6.45, 7) is 5.40. The molecule has 0 radical (unpaired) electrons. The van der Waals surface area contributed by atoms with E-state index in [0.29, 0.717) is 19.1 Å². The normalized spacial score (nSPS) is 12.1. The van der Waals surface area contributed by atoms with Crippen molar-refractivity contribution in [2.75, 3.05) is 0 Å². The molecule has 0 spiro atoms. The Morgan fingerprint density at radius 3 is 2.64 bits per heavy atom. The van der Waals surface area contributed by atoms with Gasteiger partial charge in [-0.15, -0.1) is 6.58 Å². The molecule has 0 aromatic rings. The number of carbonyl (C=O) groups is 2. The Hall–Kier alpha value is -0.920. The lowest BCUT2D eigenvalue weighted by Crippen LogP contribution is -2.14. The van der Waals surface area contributed by atoms with E-state index in [1.807, 2.05) is 6.92 Å². The molecule has 0 aromatic carbocycles. The molecule has 62 valence electrons. The van der Waals surface area contributed by atoms with Gasteiger partial charge in [0.15, 0.2) is 0 Å². The van der Waals surface area contributed by atoms with Crippen LogP contribution in [0.5, 0.6) is 0 Å². The Kier molecular flexibility index (Phi) is 5.35. The Balaban J connectivity index is 3.90. The fourth-order valence-electron chi connectivity index (χ4n) is 0.874. The highest BCUT2D eigenvalue weighted by molar-refractivity contribution is 5.93. The summed E-state index contributed by atoms with van der Waals surface area (Å²) in [4.78, 5) is 21.4. The van der Waals surface area contributed by atoms with Crippen molar-refractivity contribution in [2.45, 2.75) is 26.2 Å². The van der Waals surface area contributed by atoms with Crippen LogP contribution in [0, 0.1) is 5.92 Å². The van der Waals surface area contributed by atoms with E-state index >= 15 is 0 Å². The zero-order chi connectivity index (χ0) is 8.69. The third-order valence-electron chi connectivity index (χ3n) is 1.49. The summed E-state index contributed by atoms with van der Waals surface area (Å²) in [5.41, 5.74) is 0. The second kappa shape index (κ2) is 5.83. The average Bonchev–Trinajstić information content (AvgIpc) is 2.00. The molecule has 2 heteroatoms. The van der Waals surface area contributed by atoms with Crippen LogP contribution in [-0.2, 0) is 9.59 Å². The van der Waals surface area contributed by atoms with Crippen molar-refractivity contribution in [1.82, 2.24) is 0 Å². The zero-order valence-corrected chi connectivity index (χ0v) is 6.88. The number of hydrogen-bond acceptors (Lipinski definition) is 2. The van der Waals surface area contributed by atoms with Crippen molar-refractivity contribution >= 4 is 12.1 Å². The van der Waals surface area contributed by atoms with Crippen LogP contribution in [0.2, 0.25) is 0 Å². The van der Waals surface area contributed by atoms with Gasteiger partial charge < -0.3 is 4.79 Å². The molecule has 0 amide bonds. The molecule has 0 aliphatic rings. The van der Waals surface area contributed by atoms with Gasteiger partial charge in [-0.25, -0.2) is 0 Å². The first-order valence-electron chi connectivity index (χ1n) is 3.85. The lowest BCUT2D eigenvalue weighted by Gasteiger charge is -2.03. The molecule has 1 atom stereocenters. The van der Waals surface area contributed by atoms with Gasteiger partial charge in [-0.1, -0.05) is 13.0 Å².